The average Bonchev–Trinajstić information content (AvgIpc) is 1.98. The smallest absolute Gasteiger partial charge is 0.0364 e. The number of nitrogens with zero attached hydrogens (tertiary/aromatic N) is 1. The van der Waals surface area contributed by atoms with Crippen LogP contribution in [0.2, 0.25) is 0 Å². The second kappa shape index (κ2) is 6.53. The van der Waals surface area contributed by atoms with Gasteiger partial charge < -0.3 is 0 Å². The van der Waals surface area contributed by atoms with Gasteiger partial charge >= 0.3 is 0 Å². The molecule has 10 heavy (non-hydrogen) atoms. The van der Waals surface area contributed by atoms with Crippen LogP contribution in [0.25, 0.3) is 0 Å². The van der Waals surface area contributed by atoms with Gasteiger partial charge in [0.1, 0.15) is 0 Å². The molecule has 0 heterocycles. The van der Waals surface area contributed by atoms with Crippen molar-refractivity contribution in [2.75, 3.05) is 6.54 Å². The zero-order valence-electron chi connectivity index (χ0n) is 7.06. The summed E-state index contributed by atoms with van der Waals surface area (Å²) in [6.07, 6.45) is 5.41. The molecule has 0 unspecified atom stereocenters. The maximum absolute atomic E-state index is 4.28. The van der Waals surface area contributed by atoms with Crippen molar-refractivity contribution in [1.82, 2.24) is 0 Å². The van der Waals surface area contributed by atoms with Crippen molar-refractivity contribution in [3.05, 3.63) is 12.7 Å². The molecule has 0 aromatic rings. The Morgan fingerprint density at radius 1 is 1.50 bits per heavy atom. The first-order valence-electron chi connectivity index (χ1n) is 4.00. The normalized spacial score (nSPS) is 11.6. The molecule has 0 aliphatic rings. The first-order chi connectivity index (χ1) is 4.85. The Morgan fingerprint density at radius 3 is 2.60 bits per heavy atom. The van der Waals surface area contributed by atoms with Gasteiger partial charge in [0.05, 0.1) is 0 Å². The van der Waals surface area contributed by atoms with Crippen LogP contribution in [0.3, 0.4) is 0 Å². The molecule has 0 aromatic carbocycles. The van der Waals surface area contributed by atoms with Crippen LogP contribution < -0.4 is 0 Å². The van der Waals surface area contributed by atoms with E-state index in [1.165, 1.54) is 12.8 Å². The molecule has 0 saturated heterocycles. The molecule has 1 heteroatoms. The molecular weight excluding hydrogens is 122 g/mol. The lowest BCUT2D eigenvalue weighted by Gasteiger charge is -1.96. The SMILES string of the molecule is C=CC(CCCC)=NCC. The Morgan fingerprint density at radius 2 is 2.20 bits per heavy atom. The summed E-state index contributed by atoms with van der Waals surface area (Å²) >= 11 is 0. The van der Waals surface area contributed by atoms with Gasteiger partial charge in [0.15, 0.2) is 0 Å². The number of aliphatic imine (C=N–C) groups is 1. The zero-order valence-corrected chi connectivity index (χ0v) is 7.06. The van der Waals surface area contributed by atoms with Crippen molar-refractivity contribution in [2.24, 2.45) is 4.99 Å². The molecule has 0 radical (unpaired) electrons. The van der Waals surface area contributed by atoms with Crippen molar-refractivity contribution in [3.63, 3.8) is 0 Å². The second-order valence-corrected chi connectivity index (χ2v) is 2.27. The Balaban J connectivity index is 3.60. The van der Waals surface area contributed by atoms with Crippen LogP contribution in [0.4, 0.5) is 0 Å². The predicted octanol–water partition coefficient (Wildman–Crippen LogP) is 2.82. The molecule has 1 nitrogen and oxygen atoms in total. The van der Waals surface area contributed by atoms with Crippen LogP contribution in [-0.4, -0.2) is 12.3 Å². The average molecular weight is 139 g/mol. The van der Waals surface area contributed by atoms with E-state index in [9.17, 15) is 0 Å². The minimum atomic E-state index is 0.880. The van der Waals surface area contributed by atoms with E-state index in [0.717, 1.165) is 18.7 Å². The minimum Gasteiger partial charge on any atom is -0.290 e. The summed E-state index contributed by atoms with van der Waals surface area (Å²) in [6.45, 7) is 8.82. The van der Waals surface area contributed by atoms with E-state index < -0.39 is 0 Å². The monoisotopic (exact) mass is 139 g/mol. The molecule has 0 rings (SSSR count). The molecule has 0 bridgehead atoms. The van der Waals surface area contributed by atoms with Crippen LogP contribution >= 0.6 is 0 Å². The summed E-state index contributed by atoms with van der Waals surface area (Å²) in [7, 11) is 0. The number of rotatable bonds is 5. The van der Waals surface area contributed by atoms with Crippen LogP contribution in [0.5, 0.6) is 0 Å². The lowest BCUT2D eigenvalue weighted by atomic mass is 10.2. The van der Waals surface area contributed by atoms with Crippen LogP contribution in [0, 0.1) is 0 Å². The van der Waals surface area contributed by atoms with Gasteiger partial charge in [0.25, 0.3) is 0 Å². The van der Waals surface area contributed by atoms with E-state index in [1.54, 1.807) is 0 Å². The Kier molecular flexibility index (Phi) is 6.14. The topological polar surface area (TPSA) is 12.4 Å². The van der Waals surface area contributed by atoms with Crippen LogP contribution in [-0.2, 0) is 0 Å². The van der Waals surface area contributed by atoms with Crippen LogP contribution in [0.1, 0.15) is 33.1 Å². The highest BCUT2D eigenvalue weighted by atomic mass is 14.7. The molecule has 0 aliphatic carbocycles. The molecule has 0 aliphatic heterocycles. The summed E-state index contributed by atoms with van der Waals surface area (Å²) in [6, 6.07) is 0. The standard InChI is InChI=1S/C9H17N/c1-4-7-8-9(5-2)10-6-3/h5H,2,4,6-8H2,1,3H3. The highest BCUT2D eigenvalue weighted by Gasteiger charge is 1.89. The van der Waals surface area contributed by atoms with Gasteiger partial charge in [-0.25, -0.2) is 0 Å². The van der Waals surface area contributed by atoms with Gasteiger partial charge in [-0.3, -0.25) is 4.99 Å². The fourth-order valence-corrected chi connectivity index (χ4v) is 0.807. The van der Waals surface area contributed by atoms with Crippen LogP contribution in [0.15, 0.2) is 17.6 Å². The second-order valence-electron chi connectivity index (χ2n) is 2.27. The van der Waals surface area contributed by atoms with E-state index in [-0.39, 0.29) is 0 Å². The molecular formula is C9H17N. The molecule has 0 N–H and O–H groups in total. The summed E-state index contributed by atoms with van der Waals surface area (Å²) in [5, 5.41) is 0. The fraction of sp³-hybridized carbons (Fsp3) is 0.667. The quantitative estimate of drug-likeness (QED) is 0.519. The lowest BCUT2D eigenvalue weighted by molar-refractivity contribution is 0.833. The van der Waals surface area contributed by atoms with E-state index in [1.807, 2.05) is 6.08 Å². The van der Waals surface area contributed by atoms with Crippen molar-refractivity contribution in [2.45, 2.75) is 33.1 Å². The van der Waals surface area contributed by atoms with E-state index in [2.05, 4.69) is 25.4 Å². The van der Waals surface area contributed by atoms with Gasteiger partial charge in [0, 0.05) is 12.3 Å². The highest BCUT2D eigenvalue weighted by Crippen LogP contribution is 1.97. The highest BCUT2D eigenvalue weighted by molar-refractivity contribution is 5.94. The Labute approximate surface area is 63.9 Å². The molecule has 0 spiro atoms. The maximum atomic E-state index is 4.28. The fourth-order valence-electron chi connectivity index (χ4n) is 0.807. The van der Waals surface area contributed by atoms with Crippen molar-refractivity contribution < 1.29 is 0 Å². The summed E-state index contributed by atoms with van der Waals surface area (Å²) in [5.74, 6) is 0. The third kappa shape index (κ3) is 4.30. The first kappa shape index (κ1) is 9.41. The van der Waals surface area contributed by atoms with Gasteiger partial charge in [-0.15, -0.1) is 0 Å². The van der Waals surface area contributed by atoms with Gasteiger partial charge in [-0.1, -0.05) is 19.9 Å². The molecule has 0 atom stereocenters. The summed E-state index contributed by atoms with van der Waals surface area (Å²) < 4.78 is 0. The number of allylic oxidation sites excluding steroid dienone is 1. The van der Waals surface area contributed by atoms with Crippen molar-refractivity contribution in [1.29, 1.82) is 0 Å². The maximum Gasteiger partial charge on any atom is 0.0364 e. The zero-order chi connectivity index (χ0) is 7.82. The van der Waals surface area contributed by atoms with Gasteiger partial charge in [-0.05, 0) is 25.8 Å². The first-order valence-corrected chi connectivity index (χ1v) is 4.00. The van der Waals surface area contributed by atoms with E-state index in [4.69, 9.17) is 0 Å². The molecule has 0 fully saturated rings. The molecule has 0 amide bonds. The third-order valence-corrected chi connectivity index (χ3v) is 1.38. The largest absolute Gasteiger partial charge is 0.290 e. The lowest BCUT2D eigenvalue weighted by Crippen LogP contribution is -1.93. The number of hydrogen-bond donors (Lipinski definition) is 0. The Hall–Kier alpha value is -0.590. The number of hydrogen-bond acceptors (Lipinski definition) is 1. The predicted molar refractivity (Wildman–Crippen MR) is 47.7 cm³/mol. The van der Waals surface area contributed by atoms with E-state index >= 15 is 0 Å². The van der Waals surface area contributed by atoms with Crippen molar-refractivity contribution in [3.8, 4) is 0 Å². The molecule has 58 valence electrons. The Bertz CT molecular complexity index is 114. The molecule has 0 aromatic heterocycles. The van der Waals surface area contributed by atoms with Gasteiger partial charge in [0.2, 0.25) is 0 Å². The minimum absolute atomic E-state index is 0.880. The third-order valence-electron chi connectivity index (χ3n) is 1.38. The van der Waals surface area contributed by atoms with Gasteiger partial charge in [-0.2, -0.15) is 0 Å². The molecule has 0 saturated carbocycles. The van der Waals surface area contributed by atoms with E-state index in [0.29, 0.717) is 0 Å². The summed E-state index contributed by atoms with van der Waals surface area (Å²) in [5.41, 5.74) is 1.16. The summed E-state index contributed by atoms with van der Waals surface area (Å²) in [4.78, 5) is 4.28. The number of unbranched alkanes of at least 4 members (excludes halogenated alkanes) is 1. The van der Waals surface area contributed by atoms with Crippen molar-refractivity contribution >= 4 is 5.71 Å².